The van der Waals surface area contributed by atoms with E-state index in [2.05, 4.69) is 41.2 Å². The summed E-state index contributed by atoms with van der Waals surface area (Å²) >= 11 is -2.00. The summed E-state index contributed by atoms with van der Waals surface area (Å²) < 4.78 is 1.28. The first-order chi connectivity index (χ1) is 9.88. The number of allylic oxidation sites excluding steroid dienone is 3. The molecule has 2 rings (SSSR count). The Balaban J connectivity index is 2.01. The van der Waals surface area contributed by atoms with E-state index in [9.17, 15) is 9.59 Å². The van der Waals surface area contributed by atoms with E-state index in [-0.39, 0.29) is 0 Å². The molecule has 2 amide bonds. The van der Waals surface area contributed by atoms with Crippen molar-refractivity contribution in [3.8, 4) is 0 Å². The van der Waals surface area contributed by atoms with E-state index in [4.69, 9.17) is 0 Å². The van der Waals surface area contributed by atoms with Gasteiger partial charge in [-0.2, -0.15) is 0 Å². The average molecular weight is 342 g/mol. The molecular formula is C17H19GeNO2. The van der Waals surface area contributed by atoms with Crippen molar-refractivity contribution in [3.05, 3.63) is 64.4 Å². The van der Waals surface area contributed by atoms with Gasteiger partial charge < -0.3 is 0 Å². The molecule has 0 heterocycles. The minimum atomic E-state index is -2.00. The van der Waals surface area contributed by atoms with Crippen molar-refractivity contribution < 1.29 is 9.59 Å². The van der Waals surface area contributed by atoms with Crippen LogP contribution in [0.3, 0.4) is 0 Å². The van der Waals surface area contributed by atoms with E-state index in [0.717, 1.165) is 12.0 Å². The molecule has 4 heteroatoms. The Labute approximate surface area is 128 Å². The molecule has 1 aliphatic carbocycles. The standard InChI is InChI=1S/C17H19GeNO2/c1-18(2,3)15-11-7-10-14(15)12-16(20)19-17(21)13-8-5-4-6-9-13/h4-9,11H,10H2,1-3H3,(H,19,20,21). The summed E-state index contributed by atoms with van der Waals surface area (Å²) in [5.41, 5.74) is 1.40. The van der Waals surface area contributed by atoms with Crippen molar-refractivity contribution in [1.82, 2.24) is 5.32 Å². The number of carbonyl (C=O) groups is 2. The monoisotopic (exact) mass is 343 g/mol. The Hall–Kier alpha value is -1.62. The number of hydrogen-bond acceptors (Lipinski definition) is 2. The van der Waals surface area contributed by atoms with Crippen LogP contribution in [0.25, 0.3) is 0 Å². The minimum absolute atomic E-state index is 0.390. The Morgan fingerprint density at radius 1 is 1.14 bits per heavy atom. The second kappa shape index (κ2) is 6.43. The number of rotatable bonds is 4. The zero-order chi connectivity index (χ0) is 15.5. The molecule has 0 fully saturated rings. The maximum atomic E-state index is 12.0. The molecule has 0 unspecified atom stereocenters. The first kappa shape index (κ1) is 15.8. The molecule has 1 N–H and O–H groups in total. The molecule has 0 aromatic heterocycles. The molecule has 0 atom stereocenters. The molecule has 1 aromatic rings. The van der Waals surface area contributed by atoms with E-state index in [0.29, 0.717) is 5.56 Å². The molecular weight excluding hydrogens is 323 g/mol. The summed E-state index contributed by atoms with van der Waals surface area (Å²) in [5, 5.41) is 2.37. The van der Waals surface area contributed by atoms with Crippen molar-refractivity contribution in [2.45, 2.75) is 23.7 Å². The predicted octanol–water partition coefficient (Wildman–Crippen LogP) is 3.16. The summed E-state index contributed by atoms with van der Waals surface area (Å²) in [6, 6.07) is 8.71. The third-order valence-corrected chi connectivity index (χ3v) is 7.64. The van der Waals surface area contributed by atoms with Crippen LogP contribution < -0.4 is 5.32 Å². The Kier molecular flexibility index (Phi) is 4.83. The van der Waals surface area contributed by atoms with Crippen molar-refractivity contribution >= 4 is 25.1 Å². The molecule has 3 nitrogen and oxygen atoms in total. The van der Waals surface area contributed by atoms with Crippen LogP contribution in [0.1, 0.15) is 16.8 Å². The third-order valence-electron chi connectivity index (χ3n) is 3.27. The SMILES string of the molecule is [CH3][Ge]([CH3])([CH3])[C]1=C([C]C(=O)NC(=O)c2ccccc2)CC=C1. The predicted molar refractivity (Wildman–Crippen MR) is 86.3 cm³/mol. The number of benzene rings is 1. The first-order valence-corrected chi connectivity index (χ1v) is 14.3. The molecule has 0 aliphatic heterocycles. The van der Waals surface area contributed by atoms with E-state index >= 15 is 0 Å². The number of nitrogens with one attached hydrogen (secondary N) is 1. The van der Waals surface area contributed by atoms with Crippen molar-refractivity contribution in [3.63, 3.8) is 0 Å². The fraction of sp³-hybridized carbons (Fsp3) is 0.235. The number of imide groups is 1. The molecule has 108 valence electrons. The van der Waals surface area contributed by atoms with Crippen LogP contribution in [-0.2, 0) is 4.79 Å². The van der Waals surface area contributed by atoms with E-state index in [1.165, 1.54) is 4.41 Å². The van der Waals surface area contributed by atoms with Gasteiger partial charge in [-0.25, -0.2) is 0 Å². The van der Waals surface area contributed by atoms with Gasteiger partial charge in [0.1, 0.15) is 0 Å². The quantitative estimate of drug-likeness (QED) is 0.855. The summed E-state index contributed by atoms with van der Waals surface area (Å²) in [7, 11) is 0. The number of carbonyl (C=O) groups excluding carboxylic acids is 2. The van der Waals surface area contributed by atoms with Gasteiger partial charge in [0.15, 0.2) is 0 Å². The van der Waals surface area contributed by atoms with Gasteiger partial charge >= 0.3 is 128 Å². The normalized spacial score (nSPS) is 14.4. The molecule has 0 bridgehead atoms. The summed E-state index contributed by atoms with van der Waals surface area (Å²) in [6.45, 7) is 0. The van der Waals surface area contributed by atoms with Gasteiger partial charge in [0.2, 0.25) is 0 Å². The third kappa shape index (κ3) is 4.17. The molecule has 1 aromatic carbocycles. The number of hydrogen-bond donors (Lipinski definition) is 1. The van der Waals surface area contributed by atoms with Gasteiger partial charge in [-0.05, 0) is 0 Å². The topological polar surface area (TPSA) is 46.2 Å². The van der Waals surface area contributed by atoms with Crippen LogP contribution in [0.4, 0.5) is 0 Å². The average Bonchev–Trinajstić information content (AvgIpc) is 2.87. The Morgan fingerprint density at radius 3 is 2.43 bits per heavy atom. The van der Waals surface area contributed by atoms with Crippen LogP contribution in [0.2, 0.25) is 17.3 Å². The van der Waals surface area contributed by atoms with Crippen LogP contribution in [0.5, 0.6) is 0 Å². The summed E-state index contributed by atoms with van der Waals surface area (Å²) in [6.07, 6.45) is 7.72. The van der Waals surface area contributed by atoms with Crippen molar-refractivity contribution in [2.24, 2.45) is 0 Å². The van der Waals surface area contributed by atoms with Crippen LogP contribution in [0.15, 0.2) is 52.5 Å². The van der Waals surface area contributed by atoms with Gasteiger partial charge in [-0.1, -0.05) is 0 Å². The Morgan fingerprint density at radius 2 is 1.81 bits per heavy atom. The van der Waals surface area contributed by atoms with Gasteiger partial charge in [0.25, 0.3) is 0 Å². The second-order valence-electron chi connectivity index (χ2n) is 6.02. The fourth-order valence-corrected chi connectivity index (χ4v) is 5.80. The molecule has 1 aliphatic rings. The molecule has 0 saturated carbocycles. The van der Waals surface area contributed by atoms with Crippen LogP contribution >= 0.6 is 0 Å². The number of amides is 2. The molecule has 21 heavy (non-hydrogen) atoms. The van der Waals surface area contributed by atoms with Crippen LogP contribution in [0, 0.1) is 6.42 Å². The van der Waals surface area contributed by atoms with Crippen molar-refractivity contribution in [1.29, 1.82) is 0 Å². The van der Waals surface area contributed by atoms with Gasteiger partial charge in [-0.15, -0.1) is 0 Å². The van der Waals surface area contributed by atoms with Crippen LogP contribution in [-0.4, -0.2) is 25.1 Å². The first-order valence-electron chi connectivity index (χ1n) is 6.95. The van der Waals surface area contributed by atoms with E-state index in [1.807, 2.05) is 6.07 Å². The van der Waals surface area contributed by atoms with Gasteiger partial charge in [0.05, 0.1) is 0 Å². The molecule has 2 radical (unpaired) electrons. The van der Waals surface area contributed by atoms with Gasteiger partial charge in [-0.3, -0.25) is 0 Å². The maximum absolute atomic E-state index is 12.0. The van der Waals surface area contributed by atoms with Crippen molar-refractivity contribution in [2.75, 3.05) is 0 Å². The summed E-state index contributed by atoms with van der Waals surface area (Å²) in [5.74, 6) is 5.98. The van der Waals surface area contributed by atoms with Gasteiger partial charge in [0, 0.05) is 0 Å². The fourth-order valence-electron chi connectivity index (χ4n) is 2.26. The van der Waals surface area contributed by atoms with E-state index < -0.39 is 25.1 Å². The zero-order valence-corrected chi connectivity index (χ0v) is 14.7. The zero-order valence-electron chi connectivity index (χ0n) is 12.6. The Bertz CT molecular complexity index is 609. The summed E-state index contributed by atoms with van der Waals surface area (Å²) in [4.78, 5) is 23.9. The van der Waals surface area contributed by atoms with E-state index in [1.54, 1.807) is 24.3 Å². The molecule has 0 spiro atoms. The molecule has 0 saturated heterocycles. The second-order valence-corrected chi connectivity index (χ2v) is 16.6.